The fourth-order valence-electron chi connectivity index (χ4n) is 3.75. The number of aliphatic imine (C=N–C) groups is 1. The molecule has 158 valence electrons. The molecule has 2 aromatic rings. The number of benzene rings is 2. The highest BCUT2D eigenvalue weighted by atomic mass is 32.2. The predicted octanol–water partition coefficient (Wildman–Crippen LogP) is 5.04. The largest absolute Gasteiger partial charge is 0.454 e. The van der Waals surface area contributed by atoms with Crippen molar-refractivity contribution in [1.29, 1.82) is 0 Å². The fourth-order valence-corrected chi connectivity index (χ4v) is 4.61. The number of thioether (sulfide) groups is 1. The van der Waals surface area contributed by atoms with Crippen LogP contribution in [0.5, 0.6) is 11.5 Å². The van der Waals surface area contributed by atoms with Crippen molar-refractivity contribution in [1.82, 2.24) is 4.90 Å². The van der Waals surface area contributed by atoms with Crippen LogP contribution in [-0.4, -0.2) is 41.6 Å². The van der Waals surface area contributed by atoms with E-state index in [0.717, 1.165) is 10.9 Å². The zero-order valence-corrected chi connectivity index (χ0v) is 18.0. The summed E-state index contributed by atoms with van der Waals surface area (Å²) >= 11 is 1.48. The van der Waals surface area contributed by atoms with Crippen LogP contribution in [0.3, 0.4) is 0 Å². The highest BCUT2D eigenvalue weighted by molar-refractivity contribution is 8.14. The first kappa shape index (κ1) is 20.6. The summed E-state index contributed by atoms with van der Waals surface area (Å²) in [5.41, 5.74) is 1.60. The standard InChI is InChI=1S/C23H27N3O3S/c1-26(19-10-6-3-7-11-19)23(25-17-8-4-2-5-9-17)30-15-22(27)24-18-12-13-20-21(14-18)29-16-28-20/h2,4-5,8-9,12-14,19H,3,6-7,10-11,15-16H2,1H3,(H,24,27). The number of nitrogens with one attached hydrogen (secondary N) is 1. The third kappa shape index (κ3) is 5.27. The molecule has 1 fully saturated rings. The lowest BCUT2D eigenvalue weighted by Gasteiger charge is -2.33. The Balaban J connectivity index is 1.42. The Kier molecular flexibility index (Phi) is 6.79. The molecule has 0 radical (unpaired) electrons. The first-order valence-corrected chi connectivity index (χ1v) is 11.4. The number of rotatable bonds is 5. The molecule has 1 aliphatic heterocycles. The average Bonchev–Trinajstić information content (AvgIpc) is 3.25. The molecular formula is C23H27N3O3S. The van der Waals surface area contributed by atoms with Crippen LogP contribution >= 0.6 is 11.8 Å². The van der Waals surface area contributed by atoms with Crippen molar-refractivity contribution in [3.63, 3.8) is 0 Å². The van der Waals surface area contributed by atoms with Crippen LogP contribution in [0.4, 0.5) is 11.4 Å². The van der Waals surface area contributed by atoms with E-state index in [0.29, 0.717) is 23.2 Å². The minimum atomic E-state index is -0.0725. The lowest BCUT2D eigenvalue weighted by atomic mass is 9.95. The molecule has 0 bridgehead atoms. The molecule has 1 amide bonds. The lowest BCUT2D eigenvalue weighted by molar-refractivity contribution is -0.113. The number of ether oxygens (including phenoxy) is 2. The normalized spacial score (nSPS) is 16.4. The molecule has 0 unspecified atom stereocenters. The molecule has 4 rings (SSSR count). The molecule has 6 nitrogen and oxygen atoms in total. The van der Waals surface area contributed by atoms with Crippen LogP contribution in [0.15, 0.2) is 53.5 Å². The van der Waals surface area contributed by atoms with Gasteiger partial charge in [-0.2, -0.15) is 0 Å². The topological polar surface area (TPSA) is 63.2 Å². The van der Waals surface area contributed by atoms with Crippen LogP contribution in [0.25, 0.3) is 0 Å². The first-order valence-electron chi connectivity index (χ1n) is 10.4. The molecule has 2 aliphatic rings. The zero-order chi connectivity index (χ0) is 20.8. The van der Waals surface area contributed by atoms with Gasteiger partial charge in [0, 0.05) is 24.8 Å². The number of nitrogens with zero attached hydrogens (tertiary/aromatic N) is 2. The maximum Gasteiger partial charge on any atom is 0.234 e. The number of fused-ring (bicyclic) bond motifs is 1. The minimum Gasteiger partial charge on any atom is -0.454 e. The summed E-state index contributed by atoms with van der Waals surface area (Å²) in [7, 11) is 2.10. The second kappa shape index (κ2) is 9.89. The monoisotopic (exact) mass is 425 g/mol. The van der Waals surface area contributed by atoms with Crippen molar-refractivity contribution >= 4 is 34.2 Å². The Morgan fingerprint density at radius 3 is 2.67 bits per heavy atom. The van der Waals surface area contributed by atoms with E-state index in [1.54, 1.807) is 6.07 Å². The van der Waals surface area contributed by atoms with Gasteiger partial charge in [-0.1, -0.05) is 49.2 Å². The van der Waals surface area contributed by atoms with Gasteiger partial charge in [0.05, 0.1) is 11.4 Å². The van der Waals surface area contributed by atoms with Crippen LogP contribution in [-0.2, 0) is 4.79 Å². The van der Waals surface area contributed by atoms with Crippen molar-refractivity contribution in [3.8, 4) is 11.5 Å². The van der Waals surface area contributed by atoms with Crippen molar-refractivity contribution in [2.24, 2.45) is 4.99 Å². The average molecular weight is 426 g/mol. The van der Waals surface area contributed by atoms with Gasteiger partial charge >= 0.3 is 0 Å². The van der Waals surface area contributed by atoms with Gasteiger partial charge in [0.15, 0.2) is 16.7 Å². The van der Waals surface area contributed by atoms with Gasteiger partial charge in [0.25, 0.3) is 0 Å². The smallest absolute Gasteiger partial charge is 0.234 e. The van der Waals surface area contributed by atoms with E-state index < -0.39 is 0 Å². The molecule has 0 saturated heterocycles. The number of amidine groups is 1. The van der Waals surface area contributed by atoms with Gasteiger partial charge in [0.1, 0.15) is 0 Å². The van der Waals surface area contributed by atoms with E-state index in [-0.39, 0.29) is 18.5 Å². The van der Waals surface area contributed by atoms with E-state index >= 15 is 0 Å². The van der Waals surface area contributed by atoms with Gasteiger partial charge in [-0.15, -0.1) is 0 Å². The number of amides is 1. The summed E-state index contributed by atoms with van der Waals surface area (Å²) in [5, 5.41) is 3.82. The lowest BCUT2D eigenvalue weighted by Crippen LogP contribution is -2.37. The fraction of sp³-hybridized carbons (Fsp3) is 0.391. The summed E-state index contributed by atoms with van der Waals surface area (Å²) in [6.07, 6.45) is 6.16. The van der Waals surface area contributed by atoms with Gasteiger partial charge in [-0.3, -0.25) is 4.79 Å². The van der Waals surface area contributed by atoms with E-state index in [9.17, 15) is 4.79 Å². The third-order valence-corrected chi connectivity index (χ3v) is 6.44. The van der Waals surface area contributed by atoms with Crippen LogP contribution in [0.1, 0.15) is 32.1 Å². The van der Waals surface area contributed by atoms with Crippen molar-refractivity contribution in [3.05, 3.63) is 48.5 Å². The molecular weight excluding hydrogens is 398 g/mol. The number of hydrogen-bond donors (Lipinski definition) is 1. The number of carbonyl (C=O) groups excluding carboxylic acids is 1. The Morgan fingerprint density at radius 1 is 1.10 bits per heavy atom. The highest BCUT2D eigenvalue weighted by Crippen LogP contribution is 2.34. The first-order chi connectivity index (χ1) is 14.7. The minimum absolute atomic E-state index is 0.0725. The summed E-state index contributed by atoms with van der Waals surface area (Å²) in [6.45, 7) is 0.218. The van der Waals surface area contributed by atoms with Gasteiger partial charge in [-0.25, -0.2) is 4.99 Å². The van der Waals surface area contributed by atoms with Crippen molar-refractivity contribution in [2.75, 3.05) is 24.9 Å². The molecule has 1 saturated carbocycles. The van der Waals surface area contributed by atoms with Crippen LogP contribution in [0.2, 0.25) is 0 Å². The third-order valence-electron chi connectivity index (χ3n) is 5.39. The summed E-state index contributed by atoms with van der Waals surface area (Å²) in [6, 6.07) is 15.8. The van der Waals surface area contributed by atoms with Crippen molar-refractivity contribution in [2.45, 2.75) is 38.1 Å². The predicted molar refractivity (Wildman–Crippen MR) is 122 cm³/mol. The number of para-hydroxylation sites is 1. The highest BCUT2D eigenvalue weighted by Gasteiger charge is 2.22. The maximum atomic E-state index is 12.6. The van der Waals surface area contributed by atoms with Crippen LogP contribution in [0, 0.1) is 0 Å². The molecule has 1 aliphatic carbocycles. The molecule has 0 aromatic heterocycles. The maximum absolute atomic E-state index is 12.6. The Hall–Kier alpha value is -2.67. The number of carbonyl (C=O) groups is 1. The summed E-state index contributed by atoms with van der Waals surface area (Å²) in [4.78, 5) is 19.7. The van der Waals surface area contributed by atoms with E-state index in [4.69, 9.17) is 14.5 Å². The van der Waals surface area contributed by atoms with E-state index in [1.807, 2.05) is 42.5 Å². The molecule has 2 aromatic carbocycles. The Labute approximate surface area is 181 Å². The molecule has 1 heterocycles. The SMILES string of the molecule is CN(C(=Nc1ccccc1)SCC(=O)Nc1ccc2c(c1)OCO2)C1CCCCC1. The molecule has 0 atom stereocenters. The van der Waals surface area contributed by atoms with Gasteiger partial charge in [0.2, 0.25) is 12.7 Å². The van der Waals surface area contributed by atoms with Crippen LogP contribution < -0.4 is 14.8 Å². The quantitative estimate of drug-likeness (QED) is 0.537. The van der Waals surface area contributed by atoms with E-state index in [2.05, 4.69) is 17.3 Å². The second-order valence-electron chi connectivity index (χ2n) is 7.54. The summed E-state index contributed by atoms with van der Waals surface area (Å²) in [5.74, 6) is 1.58. The van der Waals surface area contributed by atoms with Gasteiger partial charge < -0.3 is 19.7 Å². The Morgan fingerprint density at radius 2 is 1.87 bits per heavy atom. The molecule has 7 heteroatoms. The molecule has 1 N–H and O–H groups in total. The zero-order valence-electron chi connectivity index (χ0n) is 17.2. The van der Waals surface area contributed by atoms with Gasteiger partial charge in [-0.05, 0) is 37.1 Å². The van der Waals surface area contributed by atoms with E-state index in [1.165, 1.54) is 43.9 Å². The molecule has 0 spiro atoms. The van der Waals surface area contributed by atoms with Crippen molar-refractivity contribution < 1.29 is 14.3 Å². The number of hydrogen-bond acceptors (Lipinski definition) is 5. The molecule has 30 heavy (non-hydrogen) atoms. The summed E-state index contributed by atoms with van der Waals surface area (Å²) < 4.78 is 10.7. The number of anilines is 1. The second-order valence-corrected chi connectivity index (χ2v) is 8.48. The Bertz CT molecular complexity index is 898.